The Kier molecular flexibility index (Phi) is 12.8. The Balaban J connectivity index is 0.856. The van der Waals surface area contributed by atoms with Gasteiger partial charge in [0, 0.05) is 23.0 Å². The Morgan fingerprint density at radius 1 is 0.561 bits per heavy atom. The minimum atomic E-state index is 0.371. The number of allylic oxidation sites excluding steroid dienone is 6. The summed E-state index contributed by atoms with van der Waals surface area (Å²) in [4.78, 5) is 2.41. The molecule has 0 bridgehead atoms. The quantitative estimate of drug-likeness (QED) is 0.123. The maximum absolute atomic E-state index is 2.45. The van der Waals surface area contributed by atoms with Crippen molar-refractivity contribution in [2.45, 2.75) is 103 Å². The summed E-state index contributed by atoms with van der Waals surface area (Å²) in [5.41, 5.74) is 14.6. The van der Waals surface area contributed by atoms with E-state index >= 15 is 0 Å². The molecule has 0 amide bonds. The number of hydrogen-bond acceptors (Lipinski definition) is 1. The van der Waals surface area contributed by atoms with Crippen LogP contribution in [0.25, 0.3) is 12.2 Å². The lowest BCUT2D eigenvalue weighted by atomic mass is 9.83. The monoisotopic (exact) mass is 747 g/mol. The summed E-state index contributed by atoms with van der Waals surface area (Å²) in [5, 5.41) is 0. The standard InChI is InChI=1S/C56H61N/c1-42-40-48(25-24-45-20-18-44(19-21-45)22-23-46-27-34-52(35-28-46)50-12-6-3-7-13-50)29-33-49(42)32-26-47-30-37-55(38-31-47)57(54-16-10-5-11-17-54)56-39-36-53(41-43(56)2)51-14-8-4-9-15-51/h5,10-11,16-21,24-42,49-51H,3-4,6-9,12-15,22-23H2,1-2H3/b25-24+,32-26+. The lowest BCUT2D eigenvalue weighted by molar-refractivity contribution is 0.443. The van der Waals surface area contributed by atoms with E-state index in [0.29, 0.717) is 17.8 Å². The summed E-state index contributed by atoms with van der Waals surface area (Å²) in [5.74, 6) is 2.29. The maximum Gasteiger partial charge on any atom is 0.0490 e. The van der Waals surface area contributed by atoms with Crippen molar-refractivity contribution < 1.29 is 0 Å². The lowest BCUT2D eigenvalue weighted by Crippen LogP contribution is -2.12. The largest absolute Gasteiger partial charge is 0.310 e. The molecule has 3 aliphatic rings. The second-order valence-electron chi connectivity index (χ2n) is 17.1. The van der Waals surface area contributed by atoms with Crippen molar-refractivity contribution in [3.63, 3.8) is 0 Å². The van der Waals surface area contributed by atoms with Gasteiger partial charge in [0.1, 0.15) is 0 Å². The molecule has 0 radical (unpaired) electrons. The molecule has 57 heavy (non-hydrogen) atoms. The minimum Gasteiger partial charge on any atom is -0.310 e. The second-order valence-corrected chi connectivity index (χ2v) is 17.1. The average Bonchev–Trinajstić information content (AvgIpc) is 3.27. The molecule has 0 N–H and O–H groups in total. The van der Waals surface area contributed by atoms with Gasteiger partial charge in [-0.05, 0) is 138 Å². The molecule has 290 valence electrons. The number of para-hydroxylation sites is 1. The first-order valence-electron chi connectivity index (χ1n) is 22.1. The van der Waals surface area contributed by atoms with Crippen LogP contribution in [-0.4, -0.2) is 0 Å². The van der Waals surface area contributed by atoms with Crippen molar-refractivity contribution in [3.05, 3.63) is 196 Å². The van der Waals surface area contributed by atoms with Crippen molar-refractivity contribution in [3.8, 4) is 0 Å². The highest BCUT2D eigenvalue weighted by atomic mass is 15.1. The molecular weight excluding hydrogens is 687 g/mol. The smallest absolute Gasteiger partial charge is 0.0490 e. The van der Waals surface area contributed by atoms with Crippen molar-refractivity contribution in [1.29, 1.82) is 0 Å². The number of anilines is 3. The van der Waals surface area contributed by atoms with Gasteiger partial charge in [0.25, 0.3) is 0 Å². The highest BCUT2D eigenvalue weighted by Gasteiger charge is 2.20. The minimum absolute atomic E-state index is 0.371. The van der Waals surface area contributed by atoms with Gasteiger partial charge in [-0.2, -0.15) is 0 Å². The Labute approximate surface area is 343 Å². The summed E-state index contributed by atoms with van der Waals surface area (Å²) in [6, 6.07) is 45.7. The zero-order valence-electron chi connectivity index (χ0n) is 34.3. The molecular formula is C56H61N. The van der Waals surface area contributed by atoms with Gasteiger partial charge < -0.3 is 4.90 Å². The topological polar surface area (TPSA) is 3.24 Å². The van der Waals surface area contributed by atoms with Crippen LogP contribution in [0.2, 0.25) is 0 Å². The van der Waals surface area contributed by atoms with E-state index in [1.54, 1.807) is 5.56 Å². The molecule has 2 unspecified atom stereocenters. The second kappa shape index (κ2) is 18.9. The van der Waals surface area contributed by atoms with E-state index in [0.717, 1.165) is 18.8 Å². The van der Waals surface area contributed by atoms with E-state index in [1.807, 2.05) is 0 Å². The molecule has 0 saturated heterocycles. The van der Waals surface area contributed by atoms with Gasteiger partial charge in [-0.1, -0.05) is 179 Å². The van der Waals surface area contributed by atoms with E-state index in [9.17, 15) is 0 Å². The Morgan fingerprint density at radius 2 is 1.12 bits per heavy atom. The molecule has 5 aromatic carbocycles. The maximum atomic E-state index is 2.45. The summed E-state index contributed by atoms with van der Waals surface area (Å²) < 4.78 is 0. The van der Waals surface area contributed by atoms with Crippen LogP contribution < -0.4 is 4.90 Å². The average molecular weight is 748 g/mol. The fourth-order valence-electron chi connectivity index (χ4n) is 9.47. The van der Waals surface area contributed by atoms with Crippen LogP contribution in [0.15, 0.2) is 157 Å². The molecule has 2 saturated carbocycles. The van der Waals surface area contributed by atoms with Crippen molar-refractivity contribution >= 4 is 29.2 Å². The first-order valence-corrected chi connectivity index (χ1v) is 22.1. The molecule has 0 spiro atoms. The van der Waals surface area contributed by atoms with Crippen molar-refractivity contribution in [1.82, 2.24) is 0 Å². The number of hydrogen-bond donors (Lipinski definition) is 0. The van der Waals surface area contributed by atoms with Gasteiger partial charge in [-0.25, -0.2) is 0 Å². The molecule has 3 aliphatic carbocycles. The zero-order valence-corrected chi connectivity index (χ0v) is 34.3. The van der Waals surface area contributed by atoms with E-state index in [1.165, 1.54) is 120 Å². The third kappa shape index (κ3) is 10.1. The predicted octanol–water partition coefficient (Wildman–Crippen LogP) is 15.8. The van der Waals surface area contributed by atoms with Gasteiger partial charge in [0.2, 0.25) is 0 Å². The summed E-state index contributed by atoms with van der Waals surface area (Å²) in [6.07, 6.45) is 32.1. The number of benzene rings is 5. The molecule has 1 nitrogen and oxygen atoms in total. The molecule has 8 rings (SSSR count). The number of nitrogens with zero attached hydrogens (tertiary/aromatic N) is 1. The summed E-state index contributed by atoms with van der Waals surface area (Å²) >= 11 is 0. The Bertz CT molecular complexity index is 2150. The van der Waals surface area contributed by atoms with Crippen LogP contribution in [0.1, 0.15) is 122 Å². The fourth-order valence-corrected chi connectivity index (χ4v) is 9.47. The number of aryl methyl sites for hydroxylation is 3. The summed E-state index contributed by atoms with van der Waals surface area (Å²) in [7, 11) is 0. The lowest BCUT2D eigenvalue weighted by Gasteiger charge is -2.29. The first-order chi connectivity index (χ1) is 28.1. The van der Waals surface area contributed by atoms with Gasteiger partial charge in [-0.15, -0.1) is 0 Å². The van der Waals surface area contributed by atoms with Crippen molar-refractivity contribution in [2.75, 3.05) is 4.90 Å². The van der Waals surface area contributed by atoms with E-state index in [2.05, 4.69) is 183 Å². The van der Waals surface area contributed by atoms with Crippen LogP contribution in [0.5, 0.6) is 0 Å². The van der Waals surface area contributed by atoms with Crippen LogP contribution in [0.4, 0.5) is 17.1 Å². The fraction of sp³-hybridized carbons (Fsp3) is 0.321. The van der Waals surface area contributed by atoms with E-state index in [-0.39, 0.29) is 0 Å². The third-order valence-electron chi connectivity index (χ3n) is 13.0. The molecule has 2 fully saturated rings. The van der Waals surface area contributed by atoms with Gasteiger partial charge in [0.15, 0.2) is 0 Å². The molecule has 1 heteroatoms. The van der Waals surface area contributed by atoms with Gasteiger partial charge >= 0.3 is 0 Å². The highest BCUT2D eigenvalue weighted by Crippen LogP contribution is 2.40. The van der Waals surface area contributed by atoms with Gasteiger partial charge in [0.05, 0.1) is 0 Å². The highest BCUT2D eigenvalue weighted by molar-refractivity contribution is 5.79. The van der Waals surface area contributed by atoms with Gasteiger partial charge in [-0.3, -0.25) is 0 Å². The van der Waals surface area contributed by atoms with Crippen LogP contribution in [-0.2, 0) is 12.8 Å². The molecule has 0 aromatic heterocycles. The van der Waals surface area contributed by atoms with Crippen LogP contribution >= 0.6 is 0 Å². The molecule has 0 heterocycles. The summed E-state index contributed by atoms with van der Waals surface area (Å²) in [6.45, 7) is 4.60. The van der Waals surface area contributed by atoms with Crippen molar-refractivity contribution in [2.24, 2.45) is 11.8 Å². The van der Waals surface area contributed by atoms with E-state index in [4.69, 9.17) is 0 Å². The number of rotatable bonds is 12. The Morgan fingerprint density at radius 3 is 1.75 bits per heavy atom. The SMILES string of the molecule is Cc1cc(C2CCCCC2)ccc1N(c1ccccc1)c1ccc(/C=C/C2C=CC(/C=C/c3ccc(CCc4ccc(C5CCCCC5)cc4)cc3)=CC2C)cc1. The molecule has 0 aliphatic heterocycles. The molecule has 2 atom stereocenters. The third-order valence-corrected chi connectivity index (χ3v) is 13.0. The molecule has 5 aromatic rings. The van der Waals surface area contributed by atoms with Crippen LogP contribution in [0, 0.1) is 18.8 Å². The predicted molar refractivity (Wildman–Crippen MR) is 246 cm³/mol. The normalized spacial score (nSPS) is 19.3. The Hall–Kier alpha value is -5.14. The first kappa shape index (κ1) is 38.7. The van der Waals surface area contributed by atoms with E-state index < -0.39 is 0 Å². The van der Waals surface area contributed by atoms with Crippen LogP contribution in [0.3, 0.4) is 0 Å². The zero-order chi connectivity index (χ0) is 38.8.